The number of allylic oxidation sites excluding steroid dienone is 1. The molecule has 26 heavy (non-hydrogen) atoms. The maximum atomic E-state index is 2.54. The van der Waals surface area contributed by atoms with Crippen molar-refractivity contribution in [2.45, 2.75) is 64.7 Å². The van der Waals surface area contributed by atoms with Crippen LogP contribution in [0, 0.1) is 11.3 Å². The number of benzene rings is 2. The average Bonchev–Trinajstić information content (AvgIpc) is 3.35. The highest BCUT2D eigenvalue weighted by molar-refractivity contribution is 5.80. The van der Waals surface area contributed by atoms with Gasteiger partial charge in [-0.25, -0.2) is 0 Å². The van der Waals surface area contributed by atoms with Crippen molar-refractivity contribution in [2.75, 3.05) is 0 Å². The molecule has 0 heteroatoms. The van der Waals surface area contributed by atoms with Gasteiger partial charge in [-0.15, -0.1) is 0 Å². The van der Waals surface area contributed by atoms with Gasteiger partial charge in [0.2, 0.25) is 0 Å². The van der Waals surface area contributed by atoms with Crippen LogP contribution in [0.1, 0.15) is 75.0 Å². The summed E-state index contributed by atoms with van der Waals surface area (Å²) in [4.78, 5) is 0. The second kappa shape index (κ2) is 6.12. The third-order valence-corrected chi connectivity index (χ3v) is 7.34. The van der Waals surface area contributed by atoms with Crippen LogP contribution in [-0.2, 0) is 6.42 Å². The first kappa shape index (κ1) is 16.4. The van der Waals surface area contributed by atoms with E-state index in [0.29, 0.717) is 11.3 Å². The van der Waals surface area contributed by atoms with Crippen molar-refractivity contribution in [3.8, 4) is 11.1 Å². The Morgan fingerprint density at radius 1 is 1.00 bits per heavy atom. The summed E-state index contributed by atoms with van der Waals surface area (Å²) < 4.78 is 0. The molecular formula is C26H30. The van der Waals surface area contributed by atoms with E-state index in [-0.39, 0.29) is 0 Å². The second-order valence-electron chi connectivity index (χ2n) is 9.46. The number of hydrogen-bond donors (Lipinski definition) is 0. The second-order valence-corrected chi connectivity index (χ2v) is 9.46. The molecule has 5 rings (SSSR count). The Bertz CT molecular complexity index is 842. The van der Waals surface area contributed by atoms with Gasteiger partial charge in [0.15, 0.2) is 0 Å². The minimum absolute atomic E-state index is 0.595. The van der Waals surface area contributed by atoms with E-state index in [1.165, 1.54) is 72.8 Å². The Labute approximate surface area is 158 Å². The molecule has 2 bridgehead atoms. The predicted octanol–water partition coefficient (Wildman–Crippen LogP) is 7.39. The van der Waals surface area contributed by atoms with Crippen molar-refractivity contribution >= 4 is 6.08 Å². The van der Waals surface area contributed by atoms with Gasteiger partial charge in [-0.1, -0.05) is 68.0 Å². The van der Waals surface area contributed by atoms with Crippen molar-refractivity contribution in [2.24, 2.45) is 11.3 Å². The summed E-state index contributed by atoms with van der Waals surface area (Å²) in [5, 5.41) is 0. The SMILES string of the molecule is CC(C)c1ccc(-c2cccc3c2C=C(CC24CCC(CC2)C4)C3)cc1. The molecule has 0 atom stereocenters. The molecule has 2 saturated carbocycles. The van der Waals surface area contributed by atoms with Gasteiger partial charge in [0.1, 0.15) is 0 Å². The molecule has 3 aliphatic rings. The van der Waals surface area contributed by atoms with E-state index >= 15 is 0 Å². The van der Waals surface area contributed by atoms with Crippen molar-refractivity contribution in [3.05, 3.63) is 64.7 Å². The number of fused-ring (bicyclic) bond motifs is 3. The van der Waals surface area contributed by atoms with Crippen LogP contribution in [-0.4, -0.2) is 0 Å². The molecule has 0 aliphatic heterocycles. The third kappa shape index (κ3) is 2.75. The Morgan fingerprint density at radius 2 is 1.77 bits per heavy atom. The topological polar surface area (TPSA) is 0 Å². The molecular weight excluding hydrogens is 312 g/mol. The van der Waals surface area contributed by atoms with Gasteiger partial charge in [0.05, 0.1) is 0 Å². The van der Waals surface area contributed by atoms with Gasteiger partial charge in [-0.2, -0.15) is 0 Å². The molecule has 0 unspecified atom stereocenters. The highest BCUT2D eigenvalue weighted by atomic mass is 14.5. The van der Waals surface area contributed by atoms with E-state index in [9.17, 15) is 0 Å². The highest BCUT2D eigenvalue weighted by Gasteiger charge is 2.45. The molecule has 0 saturated heterocycles. The third-order valence-electron chi connectivity index (χ3n) is 7.34. The molecule has 2 aromatic carbocycles. The lowest BCUT2D eigenvalue weighted by Gasteiger charge is -2.27. The van der Waals surface area contributed by atoms with Gasteiger partial charge in [-0.05, 0) is 90.0 Å². The van der Waals surface area contributed by atoms with Crippen molar-refractivity contribution in [3.63, 3.8) is 0 Å². The minimum atomic E-state index is 0.595. The molecule has 0 aromatic heterocycles. The fourth-order valence-corrected chi connectivity index (χ4v) is 5.89. The van der Waals surface area contributed by atoms with E-state index in [4.69, 9.17) is 0 Å². The minimum Gasteiger partial charge on any atom is -0.0646 e. The fourth-order valence-electron chi connectivity index (χ4n) is 5.89. The summed E-state index contributed by atoms with van der Waals surface area (Å²) in [7, 11) is 0. The van der Waals surface area contributed by atoms with E-state index in [1.807, 2.05) is 0 Å². The zero-order valence-corrected chi connectivity index (χ0v) is 16.2. The van der Waals surface area contributed by atoms with Crippen molar-refractivity contribution in [1.82, 2.24) is 0 Å². The predicted molar refractivity (Wildman–Crippen MR) is 111 cm³/mol. The number of rotatable bonds is 4. The summed E-state index contributed by atoms with van der Waals surface area (Å²) in [6.07, 6.45) is 12.5. The monoisotopic (exact) mass is 342 g/mol. The average molecular weight is 343 g/mol. The lowest BCUT2D eigenvalue weighted by molar-refractivity contribution is 0.291. The van der Waals surface area contributed by atoms with E-state index in [2.05, 4.69) is 62.4 Å². The van der Waals surface area contributed by atoms with E-state index in [1.54, 1.807) is 5.57 Å². The summed E-state index contributed by atoms with van der Waals surface area (Å²) in [5.74, 6) is 1.65. The smallest absolute Gasteiger partial charge is 0.00574 e. The largest absolute Gasteiger partial charge is 0.0646 e. The fraction of sp³-hybridized carbons (Fsp3) is 0.462. The van der Waals surface area contributed by atoms with Crippen LogP contribution in [0.3, 0.4) is 0 Å². The molecule has 134 valence electrons. The van der Waals surface area contributed by atoms with Gasteiger partial charge in [0.25, 0.3) is 0 Å². The van der Waals surface area contributed by atoms with Gasteiger partial charge >= 0.3 is 0 Å². The van der Waals surface area contributed by atoms with Gasteiger partial charge in [0, 0.05) is 0 Å². The van der Waals surface area contributed by atoms with Gasteiger partial charge < -0.3 is 0 Å². The number of hydrogen-bond acceptors (Lipinski definition) is 0. The van der Waals surface area contributed by atoms with Crippen LogP contribution in [0.15, 0.2) is 48.0 Å². The Hall–Kier alpha value is -1.82. The maximum Gasteiger partial charge on any atom is -0.00574 e. The van der Waals surface area contributed by atoms with Crippen LogP contribution in [0.25, 0.3) is 17.2 Å². The zero-order chi connectivity index (χ0) is 17.7. The van der Waals surface area contributed by atoms with Crippen LogP contribution < -0.4 is 0 Å². The lowest BCUT2D eigenvalue weighted by atomic mass is 9.78. The summed E-state index contributed by atoms with van der Waals surface area (Å²) in [5.41, 5.74) is 9.59. The molecule has 0 N–H and O–H groups in total. The van der Waals surface area contributed by atoms with Crippen molar-refractivity contribution in [1.29, 1.82) is 0 Å². The molecule has 0 heterocycles. The maximum absolute atomic E-state index is 2.54. The van der Waals surface area contributed by atoms with Crippen molar-refractivity contribution < 1.29 is 0 Å². The summed E-state index contributed by atoms with van der Waals surface area (Å²) in [6, 6.07) is 16.1. The molecule has 2 aromatic rings. The Kier molecular flexibility index (Phi) is 3.85. The molecule has 0 amide bonds. The quantitative estimate of drug-likeness (QED) is 0.543. The van der Waals surface area contributed by atoms with Gasteiger partial charge in [-0.3, -0.25) is 0 Å². The normalized spacial score (nSPS) is 26.4. The van der Waals surface area contributed by atoms with Crippen LogP contribution in [0.5, 0.6) is 0 Å². The molecule has 0 nitrogen and oxygen atoms in total. The van der Waals surface area contributed by atoms with E-state index < -0.39 is 0 Å². The first-order chi connectivity index (χ1) is 12.6. The molecule has 3 aliphatic carbocycles. The first-order valence-corrected chi connectivity index (χ1v) is 10.5. The highest BCUT2D eigenvalue weighted by Crippen LogP contribution is 2.57. The zero-order valence-electron chi connectivity index (χ0n) is 16.2. The first-order valence-electron chi connectivity index (χ1n) is 10.5. The van der Waals surface area contributed by atoms with Crippen LogP contribution in [0.4, 0.5) is 0 Å². The Balaban J connectivity index is 1.44. The summed E-state index contributed by atoms with van der Waals surface area (Å²) in [6.45, 7) is 4.53. The summed E-state index contributed by atoms with van der Waals surface area (Å²) >= 11 is 0. The van der Waals surface area contributed by atoms with Crippen LogP contribution in [0.2, 0.25) is 0 Å². The standard InChI is InChI=1S/C26H30/c1-18(2)21-6-8-22(9-7-21)24-5-3-4-23-14-20(15-25(23)24)17-26-12-10-19(16-26)11-13-26/h3-9,15,18-19H,10-14,16-17H2,1-2H3. The van der Waals surface area contributed by atoms with Crippen LogP contribution >= 0.6 is 0 Å². The molecule has 2 fully saturated rings. The molecule has 0 spiro atoms. The van der Waals surface area contributed by atoms with E-state index in [0.717, 1.165) is 5.92 Å². The lowest BCUT2D eigenvalue weighted by Crippen LogP contribution is -2.14. The Morgan fingerprint density at radius 3 is 2.42 bits per heavy atom. The molecule has 0 radical (unpaired) electrons.